The van der Waals surface area contributed by atoms with E-state index in [2.05, 4.69) is 46.3 Å². The topological polar surface area (TPSA) is 215 Å². The Bertz CT molecular complexity index is 2240. The van der Waals surface area contributed by atoms with Crippen LogP contribution in [0.1, 0.15) is 87.2 Å². The normalized spacial score (nSPS) is 22.7. The highest BCUT2D eigenvalue weighted by Gasteiger charge is 2.44. The van der Waals surface area contributed by atoms with E-state index in [9.17, 15) is 29.4 Å². The van der Waals surface area contributed by atoms with Gasteiger partial charge in [-0.1, -0.05) is 73.2 Å². The van der Waals surface area contributed by atoms with Gasteiger partial charge in [-0.05, 0) is 86.5 Å². The number of carbonyl (C=O) groups excluding carboxylic acids is 2. The first kappa shape index (κ1) is 45.0. The van der Waals surface area contributed by atoms with Crippen molar-refractivity contribution < 1.29 is 38.9 Å². The van der Waals surface area contributed by atoms with Crippen molar-refractivity contribution in [2.45, 2.75) is 76.5 Å². The number of H-pyrrole nitrogens is 2. The molecule has 0 saturated carbocycles. The SMILES string of the molecule is C[C@H]1C[C@@H](c2nc(-c3ccc(C#Cc4ccc(-c5nc([C@@H]6C[C@H](C)CN6C(=O)[C@@H](NC(=O)O)C6CCOCC6)[nH]c5Cl)cc4)cc3)c(Cl)[nH]2)N(C(=O)[C@@H](NC(=O)O)C2CCOCC2)C1. The summed E-state index contributed by atoms with van der Waals surface area (Å²) in [6.07, 6.45) is 1.23. The van der Waals surface area contributed by atoms with Gasteiger partial charge in [0.2, 0.25) is 11.8 Å². The van der Waals surface area contributed by atoms with Crippen LogP contribution < -0.4 is 10.6 Å². The van der Waals surface area contributed by atoms with Gasteiger partial charge < -0.3 is 50.1 Å². The minimum atomic E-state index is -1.23. The number of aromatic nitrogens is 4. The molecule has 6 heterocycles. The third-order valence-corrected chi connectivity index (χ3v) is 13.4. The number of nitrogens with one attached hydrogen (secondary N) is 4. The highest BCUT2D eigenvalue weighted by molar-refractivity contribution is 6.32. The lowest BCUT2D eigenvalue weighted by Gasteiger charge is -2.33. The number of likely N-dealkylation sites (tertiary alicyclic amines) is 2. The molecule has 0 radical (unpaired) electrons. The third kappa shape index (κ3) is 10.0. The predicted octanol–water partition coefficient (Wildman–Crippen LogP) is 7.12. The molecule has 4 aliphatic heterocycles. The molecule has 8 rings (SSSR count). The fraction of sp³-hybridized carbons (Fsp3) is 0.478. The van der Waals surface area contributed by atoms with E-state index in [-0.39, 0.29) is 35.5 Å². The summed E-state index contributed by atoms with van der Waals surface area (Å²) in [6.45, 7) is 7.01. The second-order valence-electron chi connectivity index (χ2n) is 17.4. The summed E-state index contributed by atoms with van der Waals surface area (Å²) in [7, 11) is 0. The maximum Gasteiger partial charge on any atom is 0.405 e. The number of halogens is 2. The fourth-order valence-electron chi connectivity index (χ4n) is 9.59. The molecular formula is C46H52Cl2N8O8. The van der Waals surface area contributed by atoms with Crippen molar-refractivity contribution in [2.24, 2.45) is 23.7 Å². The van der Waals surface area contributed by atoms with Gasteiger partial charge in [-0.3, -0.25) is 9.59 Å². The Balaban J connectivity index is 0.931. The number of hydrogen-bond donors (Lipinski definition) is 6. The largest absolute Gasteiger partial charge is 0.465 e. The number of hydrogen-bond acceptors (Lipinski definition) is 8. The van der Waals surface area contributed by atoms with Crippen LogP contribution in [-0.4, -0.2) is 116 Å². The summed E-state index contributed by atoms with van der Waals surface area (Å²) >= 11 is 13.5. The predicted molar refractivity (Wildman–Crippen MR) is 238 cm³/mol. The number of aromatic amines is 2. The molecule has 18 heteroatoms. The zero-order valence-corrected chi connectivity index (χ0v) is 37.1. The molecule has 338 valence electrons. The van der Waals surface area contributed by atoms with Crippen molar-refractivity contribution in [3.63, 3.8) is 0 Å². The Hall–Kier alpha value is -5.60. The molecule has 64 heavy (non-hydrogen) atoms. The Morgan fingerprint density at radius 1 is 0.656 bits per heavy atom. The first-order valence-corrected chi connectivity index (χ1v) is 22.6. The molecular weight excluding hydrogens is 863 g/mol. The minimum Gasteiger partial charge on any atom is -0.465 e. The van der Waals surface area contributed by atoms with E-state index in [0.717, 1.165) is 22.3 Å². The number of carbonyl (C=O) groups is 4. The number of imidazole rings is 2. The Kier molecular flexibility index (Phi) is 13.8. The van der Waals surface area contributed by atoms with E-state index in [1.54, 1.807) is 9.80 Å². The van der Waals surface area contributed by atoms with Crippen molar-refractivity contribution >= 4 is 47.2 Å². The van der Waals surface area contributed by atoms with Crippen LogP contribution in [0, 0.1) is 35.5 Å². The average molecular weight is 916 g/mol. The van der Waals surface area contributed by atoms with E-state index in [1.807, 2.05) is 48.5 Å². The van der Waals surface area contributed by atoms with Gasteiger partial charge in [0, 0.05) is 61.8 Å². The highest BCUT2D eigenvalue weighted by atomic mass is 35.5. The molecule has 0 bridgehead atoms. The Labute approximate surface area is 380 Å². The van der Waals surface area contributed by atoms with Gasteiger partial charge in [0.25, 0.3) is 0 Å². The molecule has 6 N–H and O–H groups in total. The van der Waals surface area contributed by atoms with Crippen LogP contribution in [-0.2, 0) is 19.1 Å². The van der Waals surface area contributed by atoms with E-state index in [4.69, 9.17) is 42.6 Å². The smallest absolute Gasteiger partial charge is 0.405 e. The van der Waals surface area contributed by atoms with Crippen molar-refractivity contribution in [2.75, 3.05) is 39.5 Å². The first-order chi connectivity index (χ1) is 30.8. The van der Waals surface area contributed by atoms with Gasteiger partial charge in [-0.15, -0.1) is 0 Å². The van der Waals surface area contributed by atoms with Gasteiger partial charge in [0.05, 0.1) is 12.1 Å². The lowest BCUT2D eigenvalue weighted by Crippen LogP contribution is -2.53. The summed E-state index contributed by atoms with van der Waals surface area (Å²) in [5.41, 5.74) is 4.16. The first-order valence-electron chi connectivity index (χ1n) is 21.8. The van der Waals surface area contributed by atoms with Crippen LogP contribution in [0.5, 0.6) is 0 Å². The van der Waals surface area contributed by atoms with Gasteiger partial charge in [0.1, 0.15) is 45.4 Å². The van der Waals surface area contributed by atoms with Gasteiger partial charge in [-0.2, -0.15) is 0 Å². The molecule has 4 aliphatic rings. The quantitative estimate of drug-likeness (QED) is 0.0887. The van der Waals surface area contributed by atoms with Crippen molar-refractivity contribution in [1.82, 2.24) is 40.4 Å². The van der Waals surface area contributed by atoms with Gasteiger partial charge in [0.15, 0.2) is 0 Å². The second kappa shape index (κ2) is 19.6. The van der Waals surface area contributed by atoms with Crippen LogP contribution in [0.2, 0.25) is 10.3 Å². The van der Waals surface area contributed by atoms with Gasteiger partial charge in [-0.25, -0.2) is 19.6 Å². The molecule has 2 aromatic carbocycles. The Morgan fingerprint density at radius 2 is 1.02 bits per heavy atom. The second-order valence-corrected chi connectivity index (χ2v) is 18.2. The number of nitrogens with zero attached hydrogens (tertiary/aromatic N) is 4. The summed E-state index contributed by atoms with van der Waals surface area (Å²) in [4.78, 5) is 71.0. The number of rotatable bonds is 10. The zero-order valence-electron chi connectivity index (χ0n) is 35.6. The van der Waals surface area contributed by atoms with Gasteiger partial charge >= 0.3 is 12.2 Å². The van der Waals surface area contributed by atoms with Crippen molar-refractivity contribution in [1.29, 1.82) is 0 Å². The Morgan fingerprint density at radius 3 is 1.36 bits per heavy atom. The summed E-state index contributed by atoms with van der Waals surface area (Å²) < 4.78 is 10.9. The average Bonchev–Trinajstić information content (AvgIpc) is 4.09. The minimum absolute atomic E-state index is 0.159. The van der Waals surface area contributed by atoms with E-state index >= 15 is 0 Å². The number of benzene rings is 2. The molecule has 4 fully saturated rings. The number of amides is 4. The standard InChI is InChI=1S/C46H52Cl2N8O8/c1-25-21-33(55(23-25)43(57)37(51-45(59)60)31-13-17-63-18-14-31)41-49-35(39(47)53-41)29-9-5-27(6-10-29)3-4-28-7-11-30(12-8-28)36-40(48)54-42(50-36)34-22-26(2)24-56(34)44(58)38(52-46(61)62)32-15-19-64-20-16-32/h5-12,25-26,31-34,37-38,51-52H,13-24H2,1-2H3,(H,49,53)(H,50,54)(H,59,60)(H,61,62)/t25-,26-,33-,34-,37-,38-/m0/s1. The summed E-state index contributed by atoms with van der Waals surface area (Å²) in [5.74, 6) is 7.02. The van der Waals surface area contributed by atoms with Crippen LogP contribution >= 0.6 is 23.2 Å². The monoisotopic (exact) mass is 914 g/mol. The molecule has 0 spiro atoms. The van der Waals surface area contributed by atoms with E-state index in [1.165, 1.54) is 0 Å². The maximum atomic E-state index is 14.0. The maximum absolute atomic E-state index is 14.0. The molecule has 6 atom stereocenters. The molecule has 0 unspecified atom stereocenters. The lowest BCUT2D eigenvalue weighted by atomic mass is 9.90. The third-order valence-electron chi connectivity index (χ3n) is 12.8. The van der Waals surface area contributed by atoms with E-state index in [0.29, 0.717) is 111 Å². The molecule has 2 aromatic heterocycles. The van der Waals surface area contributed by atoms with Crippen LogP contribution in [0.15, 0.2) is 48.5 Å². The fourth-order valence-corrected chi connectivity index (χ4v) is 10.1. The highest BCUT2D eigenvalue weighted by Crippen LogP contribution is 2.40. The summed E-state index contributed by atoms with van der Waals surface area (Å²) in [6, 6.07) is 12.6. The molecule has 4 aromatic rings. The lowest BCUT2D eigenvalue weighted by molar-refractivity contribution is -0.137. The van der Waals surface area contributed by atoms with Crippen LogP contribution in [0.4, 0.5) is 9.59 Å². The number of carboxylic acid groups (broad SMARTS) is 2. The summed E-state index contributed by atoms with van der Waals surface area (Å²) in [5, 5.41) is 24.8. The zero-order chi connectivity index (χ0) is 45.1. The van der Waals surface area contributed by atoms with Crippen molar-refractivity contribution in [3.05, 3.63) is 81.6 Å². The molecule has 0 aliphatic carbocycles. The number of ether oxygens (including phenoxy) is 2. The van der Waals surface area contributed by atoms with Crippen LogP contribution in [0.25, 0.3) is 22.5 Å². The molecule has 16 nitrogen and oxygen atoms in total. The molecule has 4 amide bonds. The molecule has 4 saturated heterocycles. The van der Waals surface area contributed by atoms with E-state index < -0.39 is 36.4 Å². The van der Waals surface area contributed by atoms with Crippen molar-refractivity contribution in [3.8, 4) is 34.4 Å². The van der Waals surface area contributed by atoms with Crippen LogP contribution in [0.3, 0.4) is 0 Å².